The molecule has 0 saturated carbocycles. The van der Waals surface area contributed by atoms with Crippen LogP contribution in [-0.4, -0.2) is 15.6 Å². The van der Waals surface area contributed by atoms with Crippen LogP contribution in [0.1, 0.15) is 15.9 Å². The summed E-state index contributed by atoms with van der Waals surface area (Å²) in [4.78, 5) is 33.1. The van der Waals surface area contributed by atoms with Crippen LogP contribution in [0.15, 0.2) is 73.1 Å². The summed E-state index contributed by atoms with van der Waals surface area (Å²) in [6.07, 6.45) is 3.01. The van der Waals surface area contributed by atoms with Crippen LogP contribution in [0.5, 0.6) is 0 Å². The summed E-state index contributed by atoms with van der Waals surface area (Å²) < 4.78 is 1.43. The van der Waals surface area contributed by atoms with Crippen molar-refractivity contribution >= 4 is 17.2 Å². The van der Waals surface area contributed by atoms with E-state index in [1.54, 1.807) is 36.4 Å². The van der Waals surface area contributed by atoms with Crippen LogP contribution >= 0.6 is 0 Å². The minimum atomic E-state index is -0.691. The highest BCUT2D eigenvalue weighted by atomic mass is 35.5. The molecule has 0 fully saturated rings. The molecule has 3 aromatic rings. The highest BCUT2D eigenvalue weighted by molar-refractivity contribution is 6.08. The van der Waals surface area contributed by atoms with E-state index in [0.29, 0.717) is 11.1 Å². The van der Waals surface area contributed by atoms with Crippen LogP contribution in [0.25, 0.3) is 5.69 Å². The van der Waals surface area contributed by atoms with E-state index in [9.17, 15) is 25.0 Å². The number of non-ortho nitro benzene ring substituents is 1. The Morgan fingerprint density at radius 1 is 0.815 bits per heavy atom. The van der Waals surface area contributed by atoms with E-state index in [2.05, 4.69) is 0 Å². The lowest BCUT2D eigenvalue weighted by Gasteiger charge is -2.01. The van der Waals surface area contributed by atoms with Gasteiger partial charge in [-0.2, -0.15) is 4.57 Å². The fourth-order valence-corrected chi connectivity index (χ4v) is 2.48. The zero-order chi connectivity index (χ0) is 18.7. The van der Waals surface area contributed by atoms with Gasteiger partial charge in [-0.25, -0.2) is 0 Å². The molecule has 0 bridgehead atoms. The SMILES string of the molecule is O=C(c1ccccc1)c1cc[n+](-c2ccc([N+](=O)[O-])cc2[N+](=O)[O-])cc1.[Cl-]. The molecule has 0 saturated heterocycles. The summed E-state index contributed by atoms with van der Waals surface area (Å²) in [6, 6.07) is 15.2. The van der Waals surface area contributed by atoms with Crippen LogP contribution in [-0.2, 0) is 0 Å². The highest BCUT2D eigenvalue weighted by Crippen LogP contribution is 2.24. The zero-order valence-electron chi connectivity index (χ0n) is 13.7. The molecule has 8 nitrogen and oxygen atoms in total. The third-order valence-corrected chi connectivity index (χ3v) is 3.77. The van der Waals surface area contributed by atoms with Gasteiger partial charge in [0.1, 0.15) is 6.07 Å². The quantitative estimate of drug-likeness (QED) is 0.266. The number of pyridine rings is 1. The first-order valence-electron chi connectivity index (χ1n) is 7.51. The summed E-state index contributed by atoms with van der Waals surface area (Å²) in [5.74, 6) is -0.170. The van der Waals surface area contributed by atoms with E-state index in [4.69, 9.17) is 0 Å². The zero-order valence-corrected chi connectivity index (χ0v) is 14.4. The van der Waals surface area contributed by atoms with Crippen molar-refractivity contribution in [2.24, 2.45) is 0 Å². The predicted molar refractivity (Wildman–Crippen MR) is 91.2 cm³/mol. The van der Waals surface area contributed by atoms with E-state index in [-0.39, 0.29) is 29.6 Å². The van der Waals surface area contributed by atoms with Crippen molar-refractivity contribution in [1.29, 1.82) is 0 Å². The third kappa shape index (κ3) is 4.13. The van der Waals surface area contributed by atoms with Gasteiger partial charge in [-0.3, -0.25) is 25.0 Å². The van der Waals surface area contributed by atoms with Gasteiger partial charge in [0.05, 0.1) is 9.85 Å². The van der Waals surface area contributed by atoms with Crippen LogP contribution < -0.4 is 17.0 Å². The molecule has 0 radical (unpaired) electrons. The minimum Gasteiger partial charge on any atom is -1.00 e. The second-order valence-corrected chi connectivity index (χ2v) is 5.38. The third-order valence-electron chi connectivity index (χ3n) is 3.77. The Morgan fingerprint density at radius 2 is 1.41 bits per heavy atom. The summed E-state index contributed by atoms with van der Waals surface area (Å²) in [7, 11) is 0. The van der Waals surface area contributed by atoms with Gasteiger partial charge in [0, 0.05) is 35.4 Å². The maximum absolute atomic E-state index is 12.4. The number of nitro benzene ring substituents is 2. The number of ketones is 1. The molecule has 0 N–H and O–H groups in total. The lowest BCUT2D eigenvalue weighted by atomic mass is 10.0. The monoisotopic (exact) mass is 385 g/mol. The molecule has 0 aliphatic carbocycles. The van der Waals surface area contributed by atoms with Crippen LogP contribution in [0, 0.1) is 20.2 Å². The molecule has 9 heteroatoms. The first-order chi connectivity index (χ1) is 12.5. The number of hydrogen-bond acceptors (Lipinski definition) is 5. The van der Waals surface area contributed by atoms with Crippen molar-refractivity contribution in [3.63, 3.8) is 0 Å². The second-order valence-electron chi connectivity index (χ2n) is 5.38. The first-order valence-corrected chi connectivity index (χ1v) is 7.51. The molecular weight excluding hydrogens is 374 g/mol. The van der Waals surface area contributed by atoms with E-state index < -0.39 is 15.5 Å². The number of halogens is 1. The molecule has 0 amide bonds. The number of rotatable bonds is 5. The lowest BCUT2D eigenvalue weighted by molar-refractivity contribution is -0.601. The van der Waals surface area contributed by atoms with Crippen LogP contribution in [0.2, 0.25) is 0 Å². The standard InChI is InChI=1S/C18H12N3O5.ClH/c22-18(13-4-2-1-3-5-13)14-8-10-19(11-9-14)16-7-6-15(20(23)24)12-17(16)21(25)26;/h1-12H;1H/q+1;/p-1. The molecule has 1 heterocycles. The van der Waals surface area contributed by atoms with Crippen molar-refractivity contribution in [2.45, 2.75) is 0 Å². The van der Waals surface area contributed by atoms with Gasteiger partial charge in [-0.05, 0) is 0 Å². The summed E-state index contributed by atoms with van der Waals surface area (Å²) in [5, 5.41) is 22.1. The fourth-order valence-electron chi connectivity index (χ4n) is 2.48. The van der Waals surface area contributed by atoms with Gasteiger partial charge in [-0.1, -0.05) is 30.3 Å². The van der Waals surface area contributed by atoms with E-state index in [0.717, 1.165) is 6.07 Å². The number of aromatic nitrogens is 1. The fraction of sp³-hybridized carbons (Fsp3) is 0. The molecule has 3 rings (SSSR count). The average Bonchev–Trinajstić information content (AvgIpc) is 2.67. The van der Waals surface area contributed by atoms with Gasteiger partial charge in [0.25, 0.3) is 11.4 Å². The molecule has 0 atom stereocenters. The molecule has 0 unspecified atom stereocenters. The Balaban J connectivity index is 0.00000261. The maximum atomic E-state index is 12.4. The summed E-state index contributed by atoms with van der Waals surface area (Å²) in [6.45, 7) is 0. The van der Waals surface area contributed by atoms with Gasteiger partial charge in [0.2, 0.25) is 0 Å². The molecular formula is C18H12ClN3O5. The minimum absolute atomic E-state index is 0. The number of benzene rings is 2. The normalized spacial score (nSPS) is 9.93. The smallest absolute Gasteiger partial charge is 0.347 e. The van der Waals surface area contributed by atoms with Gasteiger partial charge >= 0.3 is 5.69 Å². The topological polar surface area (TPSA) is 107 Å². The van der Waals surface area contributed by atoms with Crippen LogP contribution in [0.3, 0.4) is 0 Å². The molecule has 1 aromatic heterocycles. The number of carbonyl (C=O) groups is 1. The molecule has 27 heavy (non-hydrogen) atoms. The molecule has 2 aromatic carbocycles. The van der Waals surface area contributed by atoms with Crippen molar-refractivity contribution in [3.8, 4) is 5.69 Å². The van der Waals surface area contributed by atoms with Crippen LogP contribution in [0.4, 0.5) is 11.4 Å². The van der Waals surface area contributed by atoms with E-state index in [1.165, 1.54) is 29.1 Å². The largest absolute Gasteiger partial charge is 1.00 e. The Kier molecular flexibility index (Phi) is 5.94. The second kappa shape index (κ2) is 8.15. The molecule has 0 spiro atoms. The maximum Gasteiger partial charge on any atom is 0.347 e. The average molecular weight is 386 g/mol. The van der Waals surface area contributed by atoms with E-state index >= 15 is 0 Å². The van der Waals surface area contributed by atoms with E-state index in [1.807, 2.05) is 6.07 Å². The Labute approximate surface area is 159 Å². The first kappa shape index (κ1) is 19.7. The van der Waals surface area contributed by atoms with Crippen molar-refractivity contribution in [2.75, 3.05) is 0 Å². The summed E-state index contributed by atoms with van der Waals surface area (Å²) in [5.41, 5.74) is 0.367. The van der Waals surface area contributed by atoms with Gasteiger partial charge in [-0.15, -0.1) is 0 Å². The Hall–Kier alpha value is -3.65. The Bertz CT molecular complexity index is 1010. The van der Waals surface area contributed by atoms with Crippen molar-refractivity contribution in [1.82, 2.24) is 0 Å². The van der Waals surface area contributed by atoms with Crippen molar-refractivity contribution in [3.05, 3.63) is 104 Å². The highest BCUT2D eigenvalue weighted by Gasteiger charge is 2.26. The predicted octanol–water partition coefficient (Wildman–Crippen LogP) is 0.0147. The lowest BCUT2D eigenvalue weighted by Crippen LogP contribution is -3.00. The number of carbonyl (C=O) groups excluding carboxylic acids is 1. The number of nitro groups is 2. The van der Waals surface area contributed by atoms with Gasteiger partial charge in [0.15, 0.2) is 18.2 Å². The molecule has 136 valence electrons. The van der Waals surface area contributed by atoms with Gasteiger partial charge < -0.3 is 12.4 Å². The number of nitrogens with zero attached hydrogens (tertiary/aromatic N) is 3. The number of hydrogen-bond donors (Lipinski definition) is 0. The van der Waals surface area contributed by atoms with Crippen molar-refractivity contribution < 1.29 is 31.6 Å². The summed E-state index contributed by atoms with van der Waals surface area (Å²) >= 11 is 0. The molecule has 0 aliphatic rings. The molecule has 0 aliphatic heterocycles. The Morgan fingerprint density at radius 3 is 1.96 bits per heavy atom.